The predicted molar refractivity (Wildman–Crippen MR) is 302 cm³/mol. The van der Waals surface area contributed by atoms with Crippen LogP contribution in [0.25, 0.3) is 100 Å². The number of hydrogen-bond donors (Lipinski definition) is 0. The summed E-state index contributed by atoms with van der Waals surface area (Å²) in [6.45, 7) is 14.7. The van der Waals surface area contributed by atoms with E-state index in [-0.39, 0.29) is 0 Å². The highest BCUT2D eigenvalue weighted by Gasteiger charge is 2.23. The molecule has 0 radical (unpaired) electrons. The highest BCUT2D eigenvalue weighted by Crippen LogP contribution is 2.40. The van der Waals surface area contributed by atoms with Crippen LogP contribution in [0.4, 0.5) is 0 Å². The Kier molecular flexibility index (Phi) is 11.4. The Labute approximate surface area is 422 Å². The Morgan fingerprint density at radius 3 is 1.03 bits per heavy atom. The van der Waals surface area contributed by atoms with Gasteiger partial charge in [0.2, 0.25) is 0 Å². The summed E-state index contributed by atoms with van der Waals surface area (Å²) >= 11 is 0. The van der Waals surface area contributed by atoms with Gasteiger partial charge in [-0.2, -0.15) is 0 Å². The van der Waals surface area contributed by atoms with E-state index >= 15 is 0 Å². The van der Waals surface area contributed by atoms with E-state index in [0.29, 0.717) is 17.5 Å². The Bertz CT molecular complexity index is 3700. The van der Waals surface area contributed by atoms with Crippen molar-refractivity contribution in [3.8, 4) is 56.4 Å². The van der Waals surface area contributed by atoms with E-state index in [9.17, 15) is 0 Å². The van der Waals surface area contributed by atoms with Crippen LogP contribution in [0.5, 0.6) is 0 Å². The maximum Gasteiger partial charge on any atom is 0.164 e. The number of aryl methyl sites for hydroxylation is 8. The highest BCUT2D eigenvalue weighted by molar-refractivity contribution is 6.09. The molecule has 350 valence electrons. The first-order chi connectivity index (χ1) is 35.2. The number of rotatable bonds is 11. The zero-order valence-electron chi connectivity index (χ0n) is 42.0. The van der Waals surface area contributed by atoms with Crippen molar-refractivity contribution in [3.05, 3.63) is 233 Å². The second kappa shape index (κ2) is 18.4. The van der Waals surface area contributed by atoms with Crippen LogP contribution in [-0.4, -0.2) is 24.1 Å². The van der Waals surface area contributed by atoms with Gasteiger partial charge in [-0.05, 0) is 147 Å². The van der Waals surface area contributed by atoms with Crippen LogP contribution in [0.15, 0.2) is 188 Å². The SMILES string of the molecule is Cc1ccc2c(c1)c1cc(C)ccc1n2CCc1c(-c2nc(-c3ccccc3)nc(-c3cccc(-c4ccccc4C)c3CCn3c4ccc(C)cc4c4cc(C)ccc43)n2)cccc1-c1ccccc1C. The van der Waals surface area contributed by atoms with E-state index < -0.39 is 0 Å². The molecule has 0 saturated carbocycles. The minimum atomic E-state index is 0.649. The maximum atomic E-state index is 5.63. The van der Waals surface area contributed by atoms with Gasteiger partial charge in [0.25, 0.3) is 0 Å². The van der Waals surface area contributed by atoms with Crippen LogP contribution in [0.3, 0.4) is 0 Å². The highest BCUT2D eigenvalue weighted by atomic mass is 15.0. The van der Waals surface area contributed by atoms with E-state index in [1.807, 2.05) is 0 Å². The molecule has 72 heavy (non-hydrogen) atoms. The van der Waals surface area contributed by atoms with Crippen molar-refractivity contribution in [3.63, 3.8) is 0 Å². The molecule has 0 bridgehead atoms. The van der Waals surface area contributed by atoms with Crippen LogP contribution < -0.4 is 0 Å². The summed E-state index contributed by atoms with van der Waals surface area (Å²) in [4.78, 5) is 16.5. The zero-order chi connectivity index (χ0) is 49.0. The van der Waals surface area contributed by atoms with Crippen molar-refractivity contribution in [2.24, 2.45) is 0 Å². The van der Waals surface area contributed by atoms with Crippen molar-refractivity contribution in [1.29, 1.82) is 0 Å². The Balaban J connectivity index is 1.06. The van der Waals surface area contributed by atoms with Gasteiger partial charge >= 0.3 is 0 Å². The van der Waals surface area contributed by atoms with Crippen molar-refractivity contribution in [1.82, 2.24) is 24.1 Å². The monoisotopic (exact) mass is 931 g/mol. The molecule has 3 aromatic heterocycles. The third-order valence-corrected chi connectivity index (χ3v) is 14.9. The van der Waals surface area contributed by atoms with E-state index in [1.165, 1.54) is 110 Å². The molecule has 3 heterocycles. The Morgan fingerprint density at radius 1 is 0.306 bits per heavy atom. The normalized spacial score (nSPS) is 11.7. The molecule has 0 fully saturated rings. The molecule has 0 N–H and O–H groups in total. The lowest BCUT2D eigenvalue weighted by Gasteiger charge is -2.20. The molecule has 5 nitrogen and oxygen atoms in total. The standard InChI is InChI=1S/C67H57N5/c1-42-26-30-61-57(38-42)58-39-43(2)27-31-62(58)71(61)36-34-53-51(49-20-12-10-16-46(49)5)22-14-24-55(53)66-68-65(48-18-8-7-9-19-48)69-67(70-66)56-25-15-23-52(50-21-13-11-17-47(50)6)54(56)35-37-72-63-32-28-44(3)40-59(63)60-41-45(4)29-33-64(60)72/h7-33,38-41H,34-37H2,1-6H3. The average molecular weight is 932 g/mol. The van der Waals surface area contributed by atoms with E-state index in [4.69, 9.17) is 15.0 Å². The van der Waals surface area contributed by atoms with Crippen LogP contribution >= 0.6 is 0 Å². The lowest BCUT2D eigenvalue weighted by atomic mass is 9.90. The zero-order valence-corrected chi connectivity index (χ0v) is 42.0. The van der Waals surface area contributed by atoms with Crippen molar-refractivity contribution in [2.45, 2.75) is 67.5 Å². The number of benzene rings is 9. The largest absolute Gasteiger partial charge is 0.340 e. The van der Waals surface area contributed by atoms with Gasteiger partial charge in [-0.1, -0.05) is 162 Å². The molecular weight excluding hydrogens is 875 g/mol. The molecule has 5 heteroatoms. The molecule has 0 aliphatic heterocycles. The first-order valence-electron chi connectivity index (χ1n) is 25.3. The quantitative estimate of drug-likeness (QED) is 0.130. The molecule has 12 aromatic rings. The van der Waals surface area contributed by atoms with Crippen molar-refractivity contribution < 1.29 is 0 Å². The summed E-state index contributed by atoms with van der Waals surface area (Å²) in [5.74, 6) is 1.98. The molecular formula is C67H57N5. The van der Waals surface area contributed by atoms with Gasteiger partial charge in [0.15, 0.2) is 17.5 Å². The third kappa shape index (κ3) is 8.05. The second-order valence-electron chi connectivity index (χ2n) is 19.9. The van der Waals surface area contributed by atoms with E-state index in [2.05, 4.69) is 239 Å². The first-order valence-corrected chi connectivity index (χ1v) is 25.3. The van der Waals surface area contributed by atoms with Gasteiger partial charge in [-0.25, -0.2) is 15.0 Å². The molecule has 0 amide bonds. The van der Waals surface area contributed by atoms with Crippen LogP contribution in [-0.2, 0) is 25.9 Å². The van der Waals surface area contributed by atoms with Gasteiger partial charge in [0.1, 0.15) is 0 Å². The number of fused-ring (bicyclic) bond motifs is 6. The molecule has 0 aliphatic carbocycles. The lowest BCUT2D eigenvalue weighted by Crippen LogP contribution is -2.08. The maximum absolute atomic E-state index is 5.63. The van der Waals surface area contributed by atoms with Crippen LogP contribution in [0.1, 0.15) is 44.5 Å². The fraction of sp³-hybridized carbons (Fsp3) is 0.149. The van der Waals surface area contributed by atoms with E-state index in [1.54, 1.807) is 0 Å². The fourth-order valence-electron chi connectivity index (χ4n) is 11.3. The molecule has 0 atom stereocenters. The summed E-state index contributed by atoms with van der Waals surface area (Å²) in [7, 11) is 0. The summed E-state index contributed by atoms with van der Waals surface area (Å²) < 4.78 is 5.03. The van der Waals surface area contributed by atoms with Crippen molar-refractivity contribution >= 4 is 43.6 Å². The van der Waals surface area contributed by atoms with Gasteiger partial charge in [-0.15, -0.1) is 0 Å². The van der Waals surface area contributed by atoms with Gasteiger partial charge in [0.05, 0.1) is 0 Å². The lowest BCUT2D eigenvalue weighted by molar-refractivity contribution is 0.745. The van der Waals surface area contributed by atoms with Gasteiger partial charge < -0.3 is 9.13 Å². The Hall–Kier alpha value is -8.41. The summed E-state index contributed by atoms with van der Waals surface area (Å²) in [6.07, 6.45) is 1.52. The minimum absolute atomic E-state index is 0.649. The molecule has 12 rings (SSSR count). The van der Waals surface area contributed by atoms with Gasteiger partial charge in [0, 0.05) is 73.4 Å². The van der Waals surface area contributed by atoms with Gasteiger partial charge in [-0.3, -0.25) is 0 Å². The topological polar surface area (TPSA) is 48.5 Å². The summed E-state index contributed by atoms with van der Waals surface area (Å²) in [6, 6.07) is 68.7. The van der Waals surface area contributed by atoms with Crippen LogP contribution in [0, 0.1) is 41.5 Å². The number of hydrogen-bond acceptors (Lipinski definition) is 3. The molecule has 0 unspecified atom stereocenters. The van der Waals surface area contributed by atoms with Crippen LogP contribution in [0.2, 0.25) is 0 Å². The first kappa shape index (κ1) is 44.8. The fourth-order valence-corrected chi connectivity index (χ4v) is 11.3. The number of nitrogens with zero attached hydrogens (tertiary/aromatic N) is 5. The third-order valence-electron chi connectivity index (χ3n) is 14.9. The predicted octanol–water partition coefficient (Wildman–Crippen LogP) is 16.8. The molecule has 0 saturated heterocycles. The Morgan fingerprint density at radius 2 is 0.639 bits per heavy atom. The van der Waals surface area contributed by atoms with E-state index in [0.717, 1.165) is 42.6 Å². The molecule has 0 aliphatic rings. The number of aromatic nitrogens is 5. The average Bonchev–Trinajstić information content (AvgIpc) is 3.86. The van der Waals surface area contributed by atoms with Crippen molar-refractivity contribution in [2.75, 3.05) is 0 Å². The molecule has 9 aromatic carbocycles. The summed E-state index contributed by atoms with van der Waals surface area (Å²) in [5.41, 5.74) is 22.7. The molecule has 0 spiro atoms. The second-order valence-corrected chi connectivity index (χ2v) is 19.9. The smallest absolute Gasteiger partial charge is 0.164 e. The summed E-state index contributed by atoms with van der Waals surface area (Å²) in [5, 5.41) is 5.18. The minimum Gasteiger partial charge on any atom is -0.340 e.